The number of pyridine rings is 2. The molecule has 0 aliphatic carbocycles. The van der Waals surface area contributed by atoms with Crippen LogP contribution in [0.15, 0.2) is 48.8 Å². The second-order valence-electron chi connectivity index (χ2n) is 4.74. The van der Waals surface area contributed by atoms with Crippen molar-refractivity contribution in [3.8, 4) is 0 Å². The third-order valence-corrected chi connectivity index (χ3v) is 3.21. The molecule has 0 radical (unpaired) electrons. The van der Waals surface area contributed by atoms with E-state index in [1.54, 1.807) is 36.7 Å². The van der Waals surface area contributed by atoms with Crippen LogP contribution in [0.5, 0.6) is 0 Å². The molecule has 0 saturated carbocycles. The van der Waals surface area contributed by atoms with Gasteiger partial charge < -0.3 is 11.1 Å². The number of carbonyl (C=O) groups is 1. The van der Waals surface area contributed by atoms with Crippen molar-refractivity contribution in [2.24, 2.45) is 0 Å². The molecular weight excluding hydrogens is 264 g/mol. The van der Waals surface area contributed by atoms with Crippen LogP contribution in [0.2, 0.25) is 0 Å². The smallest absolute Gasteiger partial charge is 0.274 e. The molecule has 0 aliphatic heterocycles. The minimum Gasteiger partial charge on any atom is -0.398 e. The van der Waals surface area contributed by atoms with Crippen molar-refractivity contribution in [2.45, 2.75) is 6.92 Å². The van der Waals surface area contributed by atoms with Crippen molar-refractivity contribution in [1.29, 1.82) is 0 Å². The quantitative estimate of drug-likeness (QED) is 0.706. The lowest BCUT2D eigenvalue weighted by Crippen LogP contribution is -2.14. The third-order valence-electron chi connectivity index (χ3n) is 3.21. The van der Waals surface area contributed by atoms with Gasteiger partial charge in [0.1, 0.15) is 5.69 Å². The summed E-state index contributed by atoms with van der Waals surface area (Å²) in [5.41, 5.74) is 8.44. The summed E-state index contributed by atoms with van der Waals surface area (Å²) in [6, 6.07) is 10.8. The number of anilines is 2. The second kappa shape index (κ2) is 5.20. The molecule has 2 heterocycles. The van der Waals surface area contributed by atoms with E-state index >= 15 is 0 Å². The van der Waals surface area contributed by atoms with Gasteiger partial charge in [-0.3, -0.25) is 14.8 Å². The minimum atomic E-state index is -0.267. The zero-order valence-corrected chi connectivity index (χ0v) is 11.5. The molecule has 0 spiro atoms. The molecule has 0 bridgehead atoms. The molecule has 2 aromatic heterocycles. The standard InChI is InChI=1S/C16H14N4O/c1-10-9-11(5-7-18-10)20-16(21)15-13-3-2-4-14(17)12(13)6-8-19-15/h2-9H,17H2,1H3,(H,18,20,21). The molecule has 0 saturated heterocycles. The number of fused-ring (bicyclic) bond motifs is 1. The number of rotatable bonds is 2. The van der Waals surface area contributed by atoms with Crippen LogP contribution in [0.1, 0.15) is 16.2 Å². The zero-order chi connectivity index (χ0) is 14.8. The van der Waals surface area contributed by atoms with Crippen LogP contribution in [0.4, 0.5) is 11.4 Å². The molecule has 1 aromatic carbocycles. The molecule has 1 amide bonds. The fraction of sp³-hybridized carbons (Fsp3) is 0.0625. The zero-order valence-electron chi connectivity index (χ0n) is 11.5. The summed E-state index contributed by atoms with van der Waals surface area (Å²) in [5.74, 6) is -0.267. The molecule has 5 heteroatoms. The molecule has 104 valence electrons. The van der Waals surface area contributed by atoms with Crippen molar-refractivity contribution in [2.75, 3.05) is 11.1 Å². The van der Waals surface area contributed by atoms with Crippen LogP contribution in [0.25, 0.3) is 10.8 Å². The molecular formula is C16H14N4O. The number of nitrogens with zero attached hydrogens (tertiary/aromatic N) is 2. The van der Waals surface area contributed by atoms with Gasteiger partial charge in [-0.15, -0.1) is 0 Å². The van der Waals surface area contributed by atoms with Crippen molar-refractivity contribution in [1.82, 2.24) is 9.97 Å². The first-order chi connectivity index (χ1) is 10.1. The van der Waals surface area contributed by atoms with Crippen LogP contribution < -0.4 is 11.1 Å². The lowest BCUT2D eigenvalue weighted by Gasteiger charge is -2.08. The van der Waals surface area contributed by atoms with Gasteiger partial charge in [0.05, 0.1) is 0 Å². The van der Waals surface area contributed by atoms with Gasteiger partial charge in [0.25, 0.3) is 5.91 Å². The number of nitrogen functional groups attached to an aromatic ring is 1. The molecule has 0 aliphatic rings. The van der Waals surface area contributed by atoms with Gasteiger partial charge in [0.2, 0.25) is 0 Å². The number of carbonyl (C=O) groups excluding carboxylic acids is 1. The summed E-state index contributed by atoms with van der Waals surface area (Å²) in [5, 5.41) is 4.39. The molecule has 3 N–H and O–H groups in total. The summed E-state index contributed by atoms with van der Waals surface area (Å²) in [7, 11) is 0. The van der Waals surface area contributed by atoms with Gasteiger partial charge in [0, 0.05) is 40.2 Å². The number of amides is 1. The second-order valence-corrected chi connectivity index (χ2v) is 4.74. The third kappa shape index (κ3) is 2.53. The molecule has 0 unspecified atom stereocenters. The van der Waals surface area contributed by atoms with Crippen LogP contribution in [0, 0.1) is 6.92 Å². The van der Waals surface area contributed by atoms with Gasteiger partial charge in [0.15, 0.2) is 0 Å². The highest BCUT2D eigenvalue weighted by atomic mass is 16.1. The number of aryl methyl sites for hydroxylation is 1. The Bertz CT molecular complexity index is 829. The van der Waals surface area contributed by atoms with Crippen LogP contribution in [-0.4, -0.2) is 15.9 Å². The minimum absolute atomic E-state index is 0.267. The number of benzene rings is 1. The molecule has 0 fully saturated rings. The van der Waals surface area contributed by atoms with Gasteiger partial charge in [-0.25, -0.2) is 0 Å². The van der Waals surface area contributed by atoms with Crippen LogP contribution in [-0.2, 0) is 0 Å². The average molecular weight is 278 g/mol. The van der Waals surface area contributed by atoms with Crippen LogP contribution >= 0.6 is 0 Å². The Morgan fingerprint density at radius 3 is 2.71 bits per heavy atom. The molecule has 3 rings (SSSR count). The lowest BCUT2D eigenvalue weighted by molar-refractivity contribution is 0.102. The Morgan fingerprint density at radius 1 is 1.10 bits per heavy atom. The summed E-state index contributed by atoms with van der Waals surface area (Å²) < 4.78 is 0. The summed E-state index contributed by atoms with van der Waals surface area (Å²) in [4.78, 5) is 20.7. The van der Waals surface area contributed by atoms with E-state index in [1.165, 1.54) is 0 Å². The van der Waals surface area contributed by atoms with E-state index in [1.807, 2.05) is 19.1 Å². The van der Waals surface area contributed by atoms with E-state index < -0.39 is 0 Å². The Balaban J connectivity index is 2.00. The van der Waals surface area contributed by atoms with E-state index in [0.717, 1.165) is 16.5 Å². The maximum atomic E-state index is 12.4. The fourth-order valence-electron chi connectivity index (χ4n) is 2.23. The lowest BCUT2D eigenvalue weighted by atomic mass is 10.1. The molecule has 3 aromatic rings. The number of hydrogen-bond donors (Lipinski definition) is 2. The van der Waals surface area contributed by atoms with Gasteiger partial charge in [-0.05, 0) is 31.2 Å². The van der Waals surface area contributed by atoms with Crippen molar-refractivity contribution in [3.63, 3.8) is 0 Å². The van der Waals surface area contributed by atoms with Crippen LogP contribution in [0.3, 0.4) is 0 Å². The van der Waals surface area contributed by atoms with Gasteiger partial charge in [-0.1, -0.05) is 12.1 Å². The summed E-state index contributed by atoms with van der Waals surface area (Å²) in [6.45, 7) is 1.87. The highest BCUT2D eigenvalue weighted by molar-refractivity contribution is 6.12. The predicted octanol–water partition coefficient (Wildman–Crippen LogP) is 2.77. The van der Waals surface area contributed by atoms with Gasteiger partial charge >= 0.3 is 0 Å². The number of nitrogens with one attached hydrogen (secondary N) is 1. The monoisotopic (exact) mass is 278 g/mol. The number of aromatic nitrogens is 2. The van der Waals surface area contributed by atoms with Crippen molar-refractivity contribution < 1.29 is 4.79 Å². The van der Waals surface area contributed by atoms with E-state index in [2.05, 4.69) is 15.3 Å². The van der Waals surface area contributed by atoms with E-state index in [0.29, 0.717) is 17.1 Å². The van der Waals surface area contributed by atoms with Crippen molar-refractivity contribution in [3.05, 3.63) is 60.2 Å². The first-order valence-electron chi connectivity index (χ1n) is 6.52. The summed E-state index contributed by atoms with van der Waals surface area (Å²) >= 11 is 0. The van der Waals surface area contributed by atoms with E-state index in [-0.39, 0.29) is 5.91 Å². The van der Waals surface area contributed by atoms with Crippen molar-refractivity contribution >= 4 is 28.1 Å². The maximum Gasteiger partial charge on any atom is 0.274 e. The average Bonchev–Trinajstić information content (AvgIpc) is 2.47. The Hall–Kier alpha value is -2.95. The van der Waals surface area contributed by atoms with E-state index in [4.69, 9.17) is 5.73 Å². The highest BCUT2D eigenvalue weighted by Crippen LogP contribution is 2.23. The number of nitrogens with two attached hydrogens (primary N) is 1. The predicted molar refractivity (Wildman–Crippen MR) is 83.1 cm³/mol. The Morgan fingerprint density at radius 2 is 1.90 bits per heavy atom. The maximum absolute atomic E-state index is 12.4. The first kappa shape index (κ1) is 13.1. The highest BCUT2D eigenvalue weighted by Gasteiger charge is 2.13. The molecule has 5 nitrogen and oxygen atoms in total. The fourth-order valence-corrected chi connectivity index (χ4v) is 2.23. The van der Waals surface area contributed by atoms with E-state index in [9.17, 15) is 4.79 Å². The van der Waals surface area contributed by atoms with Gasteiger partial charge in [-0.2, -0.15) is 0 Å². The number of hydrogen-bond acceptors (Lipinski definition) is 4. The Kier molecular flexibility index (Phi) is 3.23. The Labute approximate surface area is 121 Å². The first-order valence-corrected chi connectivity index (χ1v) is 6.52. The summed E-state index contributed by atoms with van der Waals surface area (Å²) in [6.07, 6.45) is 3.24. The topological polar surface area (TPSA) is 80.9 Å². The SMILES string of the molecule is Cc1cc(NC(=O)c2nccc3c(N)cccc23)ccn1. The molecule has 21 heavy (non-hydrogen) atoms. The normalized spacial score (nSPS) is 10.5. The molecule has 0 atom stereocenters. The largest absolute Gasteiger partial charge is 0.398 e.